The molecule has 0 aromatic heterocycles. The largest absolute Gasteiger partial charge is 0.354 e. The lowest BCUT2D eigenvalue weighted by Gasteiger charge is -2.21. The van der Waals surface area contributed by atoms with Crippen molar-refractivity contribution in [1.29, 1.82) is 0 Å². The minimum atomic E-state index is -0.124. The SMILES string of the molecule is C/C(=N/NC(=O)Cc1ccccc1)c1ccc2c(c1)Nc1ccccc1S2. The van der Waals surface area contributed by atoms with Crippen molar-refractivity contribution >= 4 is 34.8 Å². The molecule has 0 unspecified atom stereocenters. The molecule has 3 aromatic carbocycles. The second-order valence-corrected chi connectivity index (χ2v) is 7.41. The first-order valence-electron chi connectivity index (χ1n) is 8.74. The fraction of sp³-hybridized carbons (Fsp3) is 0.0909. The van der Waals surface area contributed by atoms with Gasteiger partial charge in [0, 0.05) is 9.79 Å². The number of anilines is 2. The second-order valence-electron chi connectivity index (χ2n) is 6.33. The monoisotopic (exact) mass is 373 g/mol. The van der Waals surface area contributed by atoms with Gasteiger partial charge in [0.1, 0.15) is 0 Å². The highest BCUT2D eigenvalue weighted by Gasteiger charge is 2.15. The van der Waals surface area contributed by atoms with Crippen molar-refractivity contribution in [2.45, 2.75) is 23.1 Å². The van der Waals surface area contributed by atoms with Crippen LogP contribution in [0.25, 0.3) is 0 Å². The fourth-order valence-electron chi connectivity index (χ4n) is 2.90. The van der Waals surface area contributed by atoms with Gasteiger partial charge >= 0.3 is 0 Å². The van der Waals surface area contributed by atoms with Crippen molar-refractivity contribution in [3.63, 3.8) is 0 Å². The Morgan fingerprint density at radius 3 is 2.56 bits per heavy atom. The van der Waals surface area contributed by atoms with E-state index in [1.165, 1.54) is 9.79 Å². The molecule has 1 aliphatic rings. The van der Waals surface area contributed by atoms with Crippen molar-refractivity contribution in [3.8, 4) is 0 Å². The van der Waals surface area contributed by atoms with Crippen LogP contribution in [0.2, 0.25) is 0 Å². The van der Waals surface area contributed by atoms with Gasteiger partial charge in [-0.25, -0.2) is 5.43 Å². The second kappa shape index (κ2) is 7.68. The number of hydrogen-bond donors (Lipinski definition) is 2. The van der Waals surface area contributed by atoms with Crippen LogP contribution in [0, 0.1) is 0 Å². The molecule has 1 aliphatic heterocycles. The summed E-state index contributed by atoms with van der Waals surface area (Å²) in [5.41, 5.74) is 7.53. The van der Waals surface area contributed by atoms with Gasteiger partial charge < -0.3 is 5.32 Å². The number of hydrogen-bond acceptors (Lipinski definition) is 4. The molecule has 27 heavy (non-hydrogen) atoms. The number of rotatable bonds is 4. The first-order chi connectivity index (χ1) is 13.2. The molecule has 134 valence electrons. The average Bonchev–Trinajstić information content (AvgIpc) is 2.70. The summed E-state index contributed by atoms with van der Waals surface area (Å²) >= 11 is 1.75. The molecule has 0 spiro atoms. The van der Waals surface area contributed by atoms with Crippen molar-refractivity contribution in [1.82, 2.24) is 5.43 Å². The summed E-state index contributed by atoms with van der Waals surface area (Å²) in [4.78, 5) is 14.5. The van der Waals surface area contributed by atoms with E-state index < -0.39 is 0 Å². The van der Waals surface area contributed by atoms with Gasteiger partial charge in [-0.1, -0.05) is 60.3 Å². The van der Waals surface area contributed by atoms with Gasteiger partial charge in [0.15, 0.2) is 0 Å². The Labute approximate surface area is 162 Å². The molecule has 0 bridgehead atoms. The Balaban J connectivity index is 1.46. The van der Waals surface area contributed by atoms with Gasteiger partial charge in [-0.05, 0) is 42.3 Å². The van der Waals surface area contributed by atoms with Crippen LogP contribution in [0.1, 0.15) is 18.1 Å². The molecule has 0 atom stereocenters. The van der Waals surface area contributed by atoms with E-state index in [0.717, 1.165) is 28.2 Å². The van der Waals surface area contributed by atoms with E-state index >= 15 is 0 Å². The Hall–Kier alpha value is -3.05. The lowest BCUT2D eigenvalue weighted by Crippen LogP contribution is -2.21. The van der Waals surface area contributed by atoms with E-state index in [1.807, 2.05) is 55.5 Å². The predicted octanol–water partition coefficient (Wildman–Crippen LogP) is 4.98. The van der Waals surface area contributed by atoms with Crippen molar-refractivity contribution < 1.29 is 4.79 Å². The summed E-state index contributed by atoms with van der Waals surface area (Å²) in [5, 5.41) is 7.74. The number of carbonyl (C=O) groups is 1. The zero-order valence-corrected chi connectivity index (χ0v) is 15.7. The van der Waals surface area contributed by atoms with Gasteiger partial charge in [-0.3, -0.25) is 4.79 Å². The van der Waals surface area contributed by atoms with E-state index in [4.69, 9.17) is 0 Å². The Morgan fingerprint density at radius 1 is 0.963 bits per heavy atom. The number of benzene rings is 3. The van der Waals surface area contributed by atoms with E-state index in [9.17, 15) is 4.79 Å². The van der Waals surface area contributed by atoms with Crippen LogP contribution in [0.5, 0.6) is 0 Å². The van der Waals surface area contributed by atoms with Crippen LogP contribution < -0.4 is 10.7 Å². The van der Waals surface area contributed by atoms with Crippen molar-refractivity contribution in [3.05, 3.63) is 83.9 Å². The molecule has 0 fully saturated rings. The molecular formula is C22H19N3OS. The van der Waals surface area contributed by atoms with Crippen LogP contribution >= 0.6 is 11.8 Å². The third-order valence-corrected chi connectivity index (χ3v) is 5.48. The molecule has 4 rings (SSSR count). The number of nitrogens with zero attached hydrogens (tertiary/aromatic N) is 1. The van der Waals surface area contributed by atoms with Gasteiger partial charge in [0.25, 0.3) is 0 Å². The third kappa shape index (κ3) is 4.04. The first kappa shape index (κ1) is 17.4. The predicted molar refractivity (Wildman–Crippen MR) is 111 cm³/mol. The summed E-state index contributed by atoms with van der Waals surface area (Å²) in [6.45, 7) is 1.90. The molecular weight excluding hydrogens is 354 g/mol. The van der Waals surface area contributed by atoms with Crippen LogP contribution in [0.3, 0.4) is 0 Å². The lowest BCUT2D eigenvalue weighted by atomic mass is 10.1. The third-order valence-electron chi connectivity index (χ3n) is 4.33. The van der Waals surface area contributed by atoms with Gasteiger partial charge in [-0.2, -0.15) is 5.10 Å². The van der Waals surface area contributed by atoms with Crippen molar-refractivity contribution in [2.75, 3.05) is 5.32 Å². The zero-order chi connectivity index (χ0) is 18.6. The lowest BCUT2D eigenvalue weighted by molar-refractivity contribution is -0.120. The number of nitrogens with one attached hydrogen (secondary N) is 2. The quantitative estimate of drug-likeness (QED) is 0.392. The number of hydrazone groups is 1. The number of carbonyl (C=O) groups excluding carboxylic acids is 1. The number of amides is 1. The minimum Gasteiger partial charge on any atom is -0.354 e. The minimum absolute atomic E-state index is 0.124. The van der Waals surface area contributed by atoms with E-state index in [0.29, 0.717) is 6.42 Å². The topological polar surface area (TPSA) is 53.5 Å². The highest BCUT2D eigenvalue weighted by molar-refractivity contribution is 7.99. The smallest absolute Gasteiger partial charge is 0.244 e. The maximum atomic E-state index is 12.1. The molecule has 1 amide bonds. The first-order valence-corrected chi connectivity index (χ1v) is 9.56. The van der Waals surface area contributed by atoms with Crippen LogP contribution in [-0.2, 0) is 11.2 Å². The van der Waals surface area contributed by atoms with Gasteiger partial charge in [-0.15, -0.1) is 0 Å². The van der Waals surface area contributed by atoms with Crippen LogP contribution in [0.15, 0.2) is 87.7 Å². The molecule has 2 N–H and O–H groups in total. The van der Waals surface area contributed by atoms with E-state index in [-0.39, 0.29) is 5.91 Å². The van der Waals surface area contributed by atoms with Gasteiger partial charge in [0.05, 0.1) is 23.5 Å². The molecule has 1 heterocycles. The van der Waals surface area contributed by atoms with E-state index in [1.54, 1.807) is 11.8 Å². The Bertz CT molecular complexity index is 1020. The maximum Gasteiger partial charge on any atom is 0.244 e. The molecule has 0 saturated heterocycles. The van der Waals surface area contributed by atoms with Crippen molar-refractivity contribution in [2.24, 2.45) is 5.10 Å². The zero-order valence-electron chi connectivity index (χ0n) is 14.9. The molecule has 5 heteroatoms. The molecule has 0 radical (unpaired) electrons. The normalized spacial score (nSPS) is 12.6. The summed E-state index contributed by atoms with van der Waals surface area (Å²) in [6, 6.07) is 24.1. The number of para-hydroxylation sites is 1. The fourth-order valence-corrected chi connectivity index (χ4v) is 3.86. The summed E-state index contributed by atoms with van der Waals surface area (Å²) in [7, 11) is 0. The highest BCUT2D eigenvalue weighted by atomic mass is 32.2. The van der Waals surface area contributed by atoms with E-state index in [2.05, 4.69) is 40.1 Å². The standard InChI is InChI=1S/C22H19N3OS/c1-15(24-25-22(26)13-16-7-3-2-4-8-16)17-11-12-21-19(14-17)23-18-9-5-6-10-20(18)27-21/h2-12,14,23H,13H2,1H3,(H,25,26)/b24-15-. The molecule has 3 aromatic rings. The summed E-state index contributed by atoms with van der Waals surface area (Å²) in [5.74, 6) is -0.124. The number of fused-ring (bicyclic) bond motifs is 2. The Kier molecular flexibility index (Phi) is 4.94. The van der Waals surface area contributed by atoms with Gasteiger partial charge in [0.2, 0.25) is 5.91 Å². The highest BCUT2D eigenvalue weighted by Crippen LogP contribution is 2.44. The molecule has 0 saturated carbocycles. The van der Waals surface area contributed by atoms with Crippen LogP contribution in [-0.4, -0.2) is 11.6 Å². The summed E-state index contributed by atoms with van der Waals surface area (Å²) < 4.78 is 0. The summed E-state index contributed by atoms with van der Waals surface area (Å²) in [6.07, 6.45) is 0.316. The Morgan fingerprint density at radius 2 is 1.70 bits per heavy atom. The average molecular weight is 373 g/mol. The molecule has 0 aliphatic carbocycles. The molecule has 4 nitrogen and oxygen atoms in total. The maximum absolute atomic E-state index is 12.1. The van der Waals surface area contributed by atoms with Crippen LogP contribution in [0.4, 0.5) is 11.4 Å².